The number of carboxylic acid groups (broad SMARTS) is 1. The zero-order valence-corrected chi connectivity index (χ0v) is 11.4. The molecule has 0 saturated heterocycles. The Morgan fingerprint density at radius 3 is 2.50 bits per heavy atom. The van der Waals surface area contributed by atoms with Crippen LogP contribution in [0, 0.1) is 0 Å². The minimum Gasteiger partial charge on any atom is -0.464 e. The first-order valence-electron chi connectivity index (χ1n) is 6.01. The lowest BCUT2D eigenvalue weighted by Gasteiger charge is -2.18. The molecule has 0 saturated carbocycles. The summed E-state index contributed by atoms with van der Waals surface area (Å²) in [5, 5.41) is 9.63. The highest BCUT2D eigenvalue weighted by atomic mass is 16.7. The summed E-state index contributed by atoms with van der Waals surface area (Å²) in [4.78, 5) is 22.5. The Morgan fingerprint density at radius 1 is 1.20 bits per heavy atom. The molecule has 106 valence electrons. The molecule has 20 heavy (non-hydrogen) atoms. The number of hydrogen-bond acceptors (Lipinski definition) is 4. The topological polar surface area (TPSA) is 77.8 Å². The van der Waals surface area contributed by atoms with E-state index in [0.29, 0.717) is 16.7 Å². The molecule has 6 heteroatoms. The molecule has 0 unspecified atom stereocenters. The number of nitrogens with zero attached hydrogens (tertiary/aromatic N) is 1. The van der Waals surface area contributed by atoms with Gasteiger partial charge in [0.25, 0.3) is 0 Å². The largest absolute Gasteiger partial charge is 0.514 e. The van der Waals surface area contributed by atoms with Crippen LogP contribution < -0.4 is 4.74 Å². The highest BCUT2D eigenvalue weighted by Gasteiger charge is 2.18. The maximum atomic E-state index is 11.5. The third-order valence-electron chi connectivity index (χ3n) is 2.46. The van der Waals surface area contributed by atoms with Crippen LogP contribution in [0.2, 0.25) is 0 Å². The van der Waals surface area contributed by atoms with Crippen LogP contribution in [0.4, 0.5) is 9.59 Å². The van der Waals surface area contributed by atoms with Gasteiger partial charge in [-0.1, -0.05) is 0 Å². The Hall–Kier alpha value is -2.50. The highest BCUT2D eigenvalue weighted by Crippen LogP contribution is 2.22. The first-order valence-corrected chi connectivity index (χ1v) is 6.01. The normalized spacial score (nSPS) is 11.3. The lowest BCUT2D eigenvalue weighted by Crippen LogP contribution is -2.25. The summed E-state index contributed by atoms with van der Waals surface area (Å²) in [5.41, 5.74) is -0.109. The summed E-state index contributed by atoms with van der Waals surface area (Å²) in [6.07, 6.45) is -0.431. The van der Waals surface area contributed by atoms with Crippen LogP contribution in [0.1, 0.15) is 20.8 Å². The standard InChI is InChI=1S/C14H15NO5/c1-14(2,3)20-13(18)19-10-4-5-11-9(8-10)6-7-15(11)12(16)17/h4-8H,1-3H3,(H,16,17). The van der Waals surface area contributed by atoms with Crippen LogP contribution in [-0.4, -0.2) is 27.5 Å². The van der Waals surface area contributed by atoms with E-state index < -0.39 is 17.8 Å². The number of carbonyl (C=O) groups excluding carboxylic acids is 1. The number of rotatable bonds is 1. The van der Waals surface area contributed by atoms with Crippen LogP contribution >= 0.6 is 0 Å². The van der Waals surface area contributed by atoms with Crippen molar-refractivity contribution in [1.29, 1.82) is 0 Å². The van der Waals surface area contributed by atoms with Crippen LogP contribution in [-0.2, 0) is 4.74 Å². The SMILES string of the molecule is CC(C)(C)OC(=O)Oc1ccc2c(ccn2C(=O)O)c1. The third kappa shape index (κ3) is 3.09. The quantitative estimate of drug-likeness (QED) is 0.637. The zero-order valence-electron chi connectivity index (χ0n) is 11.4. The lowest BCUT2D eigenvalue weighted by atomic mass is 10.2. The van der Waals surface area contributed by atoms with Crippen molar-refractivity contribution in [3.8, 4) is 5.75 Å². The molecular formula is C14H15NO5. The van der Waals surface area contributed by atoms with Gasteiger partial charge in [-0.2, -0.15) is 0 Å². The predicted octanol–water partition coefficient (Wildman–Crippen LogP) is 3.48. The molecule has 1 N–H and O–H groups in total. The summed E-state index contributed by atoms with van der Waals surface area (Å²) < 4.78 is 11.2. The van der Waals surface area contributed by atoms with Gasteiger partial charge in [0, 0.05) is 11.6 Å². The molecule has 0 radical (unpaired) electrons. The summed E-state index contributed by atoms with van der Waals surface area (Å²) >= 11 is 0. The molecule has 2 rings (SSSR count). The van der Waals surface area contributed by atoms with Crippen LogP contribution in [0.15, 0.2) is 30.5 Å². The van der Waals surface area contributed by atoms with Crippen molar-refractivity contribution in [2.75, 3.05) is 0 Å². The van der Waals surface area contributed by atoms with Crippen molar-refractivity contribution < 1.29 is 24.2 Å². The fourth-order valence-corrected chi connectivity index (χ4v) is 1.72. The van der Waals surface area contributed by atoms with Gasteiger partial charge in [-0.15, -0.1) is 0 Å². The monoisotopic (exact) mass is 277 g/mol. The number of fused-ring (bicyclic) bond motifs is 1. The fraction of sp³-hybridized carbons (Fsp3) is 0.286. The van der Waals surface area contributed by atoms with E-state index in [9.17, 15) is 9.59 Å². The van der Waals surface area contributed by atoms with Crippen LogP contribution in [0.5, 0.6) is 5.75 Å². The minimum absolute atomic E-state index is 0.301. The molecule has 0 fully saturated rings. The van der Waals surface area contributed by atoms with E-state index in [1.165, 1.54) is 12.3 Å². The van der Waals surface area contributed by atoms with Gasteiger partial charge in [0.1, 0.15) is 11.4 Å². The summed E-state index contributed by atoms with van der Waals surface area (Å²) in [6.45, 7) is 5.22. The number of aromatic nitrogens is 1. The Bertz CT molecular complexity index is 666. The van der Waals surface area contributed by atoms with E-state index in [-0.39, 0.29) is 0 Å². The molecule has 0 spiro atoms. The van der Waals surface area contributed by atoms with Crippen LogP contribution in [0.3, 0.4) is 0 Å². The second-order valence-electron chi connectivity index (χ2n) is 5.26. The van der Waals surface area contributed by atoms with Gasteiger partial charge in [0.05, 0.1) is 5.52 Å². The van der Waals surface area contributed by atoms with Crippen molar-refractivity contribution >= 4 is 23.2 Å². The molecule has 0 aliphatic carbocycles. The Kier molecular flexibility index (Phi) is 3.40. The molecule has 2 aromatic rings. The molecule has 0 aliphatic heterocycles. The number of benzene rings is 1. The van der Waals surface area contributed by atoms with E-state index in [1.54, 1.807) is 39.0 Å². The van der Waals surface area contributed by atoms with Gasteiger partial charge < -0.3 is 14.6 Å². The molecule has 0 amide bonds. The molecule has 0 atom stereocenters. The first-order chi connectivity index (χ1) is 9.26. The van der Waals surface area contributed by atoms with E-state index in [0.717, 1.165) is 4.57 Å². The third-order valence-corrected chi connectivity index (χ3v) is 2.46. The average Bonchev–Trinajstić information content (AvgIpc) is 2.68. The maximum Gasteiger partial charge on any atom is 0.514 e. The van der Waals surface area contributed by atoms with Gasteiger partial charge in [0.15, 0.2) is 0 Å². The molecule has 1 aromatic heterocycles. The fourth-order valence-electron chi connectivity index (χ4n) is 1.72. The smallest absolute Gasteiger partial charge is 0.464 e. The molecule has 0 aliphatic rings. The van der Waals surface area contributed by atoms with E-state index >= 15 is 0 Å². The summed E-state index contributed by atoms with van der Waals surface area (Å²) in [6, 6.07) is 6.30. The van der Waals surface area contributed by atoms with Crippen molar-refractivity contribution in [2.24, 2.45) is 0 Å². The first kappa shape index (κ1) is 13.9. The van der Waals surface area contributed by atoms with E-state index in [4.69, 9.17) is 14.6 Å². The van der Waals surface area contributed by atoms with Gasteiger partial charge in [-0.05, 0) is 45.0 Å². The highest BCUT2D eigenvalue weighted by molar-refractivity contribution is 5.89. The predicted molar refractivity (Wildman–Crippen MR) is 72.2 cm³/mol. The molecule has 0 bridgehead atoms. The van der Waals surface area contributed by atoms with Crippen molar-refractivity contribution in [2.45, 2.75) is 26.4 Å². The Morgan fingerprint density at radius 2 is 1.90 bits per heavy atom. The number of carbonyl (C=O) groups is 2. The Balaban J connectivity index is 2.21. The second kappa shape index (κ2) is 4.88. The minimum atomic E-state index is -1.07. The Labute approximate surface area is 115 Å². The van der Waals surface area contributed by atoms with Gasteiger partial charge in [0.2, 0.25) is 0 Å². The summed E-state index contributed by atoms with van der Waals surface area (Å²) in [7, 11) is 0. The second-order valence-corrected chi connectivity index (χ2v) is 5.26. The van der Waals surface area contributed by atoms with Crippen molar-refractivity contribution in [3.63, 3.8) is 0 Å². The van der Waals surface area contributed by atoms with Gasteiger partial charge >= 0.3 is 12.2 Å². The van der Waals surface area contributed by atoms with Crippen molar-refractivity contribution in [1.82, 2.24) is 4.57 Å². The van der Waals surface area contributed by atoms with Crippen LogP contribution in [0.25, 0.3) is 10.9 Å². The number of hydrogen-bond donors (Lipinski definition) is 1. The van der Waals surface area contributed by atoms with Crippen molar-refractivity contribution in [3.05, 3.63) is 30.5 Å². The van der Waals surface area contributed by atoms with Gasteiger partial charge in [-0.25, -0.2) is 9.59 Å². The van der Waals surface area contributed by atoms with E-state index in [2.05, 4.69) is 0 Å². The van der Waals surface area contributed by atoms with Gasteiger partial charge in [-0.3, -0.25) is 4.57 Å². The molecule has 6 nitrogen and oxygen atoms in total. The maximum absolute atomic E-state index is 11.5. The average molecular weight is 277 g/mol. The summed E-state index contributed by atoms with van der Waals surface area (Å²) in [5.74, 6) is 0.301. The van der Waals surface area contributed by atoms with E-state index in [1.807, 2.05) is 0 Å². The molecule has 1 aromatic carbocycles. The lowest BCUT2D eigenvalue weighted by molar-refractivity contribution is 0.0206. The molecular weight excluding hydrogens is 262 g/mol. The zero-order chi connectivity index (χ0) is 14.9. The number of ether oxygens (including phenoxy) is 2. The molecule has 1 heterocycles.